The van der Waals surface area contributed by atoms with Gasteiger partial charge >= 0.3 is 0 Å². The number of piperidine rings is 1. The molecule has 0 aromatic heterocycles. The minimum absolute atomic E-state index is 0.0252. The van der Waals surface area contributed by atoms with E-state index in [4.69, 9.17) is 4.84 Å². The van der Waals surface area contributed by atoms with E-state index in [0.717, 1.165) is 24.9 Å². The summed E-state index contributed by atoms with van der Waals surface area (Å²) in [6.45, 7) is 2.98. The average Bonchev–Trinajstić information content (AvgIpc) is 2.40. The van der Waals surface area contributed by atoms with Crippen LogP contribution in [0.15, 0.2) is 30.3 Å². The van der Waals surface area contributed by atoms with E-state index in [1.54, 1.807) is 6.92 Å². The van der Waals surface area contributed by atoms with Gasteiger partial charge in [-0.1, -0.05) is 30.3 Å². The van der Waals surface area contributed by atoms with Gasteiger partial charge in [-0.05, 0) is 25.3 Å². The molecule has 1 aromatic rings. The second-order valence-corrected chi connectivity index (χ2v) is 4.74. The molecule has 1 aromatic carbocycles. The Balaban J connectivity index is 1.65. The molecule has 2 N–H and O–H groups in total. The van der Waals surface area contributed by atoms with E-state index in [9.17, 15) is 4.79 Å². The highest BCUT2D eigenvalue weighted by atomic mass is 16.6. The molecule has 0 bridgehead atoms. The van der Waals surface area contributed by atoms with Crippen molar-refractivity contribution in [3.05, 3.63) is 35.9 Å². The van der Waals surface area contributed by atoms with Gasteiger partial charge in [0.05, 0.1) is 12.6 Å². The Hall–Kier alpha value is -1.23. The van der Waals surface area contributed by atoms with E-state index in [-0.39, 0.29) is 17.9 Å². The quantitative estimate of drug-likeness (QED) is 0.774. The Morgan fingerprint density at radius 3 is 2.78 bits per heavy atom. The van der Waals surface area contributed by atoms with Crippen LogP contribution in [-0.4, -0.2) is 24.4 Å². The first-order valence-corrected chi connectivity index (χ1v) is 6.41. The third kappa shape index (κ3) is 3.91. The van der Waals surface area contributed by atoms with Gasteiger partial charge in [-0.2, -0.15) is 5.48 Å². The van der Waals surface area contributed by atoms with Gasteiger partial charge in [0.25, 0.3) is 0 Å². The largest absolute Gasteiger partial charge is 0.306 e. The Bertz CT molecular complexity index is 373. The SMILES string of the molecule is CC(=O)C1CCC(NOCc2ccccc2)CN1. The molecule has 1 fully saturated rings. The number of nitrogens with one attached hydrogen (secondary N) is 2. The summed E-state index contributed by atoms with van der Waals surface area (Å²) in [6.07, 6.45) is 1.84. The fourth-order valence-corrected chi connectivity index (χ4v) is 2.12. The first-order chi connectivity index (χ1) is 8.75. The Labute approximate surface area is 108 Å². The molecule has 0 saturated carbocycles. The maximum Gasteiger partial charge on any atom is 0.146 e. The zero-order valence-electron chi connectivity index (χ0n) is 10.7. The molecule has 0 spiro atoms. The van der Waals surface area contributed by atoms with Crippen LogP contribution in [-0.2, 0) is 16.2 Å². The number of rotatable bonds is 5. The fraction of sp³-hybridized carbons (Fsp3) is 0.500. The van der Waals surface area contributed by atoms with Gasteiger partial charge in [0.15, 0.2) is 0 Å². The number of hydroxylamine groups is 1. The monoisotopic (exact) mass is 248 g/mol. The molecular formula is C14H20N2O2. The average molecular weight is 248 g/mol. The number of carbonyl (C=O) groups is 1. The smallest absolute Gasteiger partial charge is 0.146 e. The minimum atomic E-state index is 0.0252. The first-order valence-electron chi connectivity index (χ1n) is 6.41. The predicted octanol–water partition coefficient (Wildman–Crippen LogP) is 1.42. The Kier molecular flexibility index (Phi) is 4.87. The molecule has 1 aliphatic rings. The molecule has 0 aliphatic carbocycles. The van der Waals surface area contributed by atoms with E-state index < -0.39 is 0 Å². The summed E-state index contributed by atoms with van der Waals surface area (Å²) in [4.78, 5) is 16.7. The lowest BCUT2D eigenvalue weighted by Gasteiger charge is -2.28. The number of ketones is 1. The van der Waals surface area contributed by atoms with Gasteiger partial charge in [-0.3, -0.25) is 9.63 Å². The van der Waals surface area contributed by atoms with Crippen molar-refractivity contribution >= 4 is 5.78 Å². The van der Waals surface area contributed by atoms with Crippen LogP contribution in [0.1, 0.15) is 25.3 Å². The number of Topliss-reactive ketones (excluding diaryl/α,β-unsaturated/α-hetero) is 1. The minimum Gasteiger partial charge on any atom is -0.306 e. The summed E-state index contributed by atoms with van der Waals surface area (Å²) in [5, 5.41) is 3.23. The molecule has 1 heterocycles. The van der Waals surface area contributed by atoms with Crippen LogP contribution in [0.4, 0.5) is 0 Å². The van der Waals surface area contributed by atoms with Gasteiger partial charge in [0.1, 0.15) is 5.78 Å². The topological polar surface area (TPSA) is 50.4 Å². The van der Waals surface area contributed by atoms with Crippen LogP contribution < -0.4 is 10.8 Å². The fourth-order valence-electron chi connectivity index (χ4n) is 2.12. The van der Waals surface area contributed by atoms with E-state index in [2.05, 4.69) is 10.8 Å². The lowest BCUT2D eigenvalue weighted by molar-refractivity contribution is -0.119. The summed E-state index contributed by atoms with van der Waals surface area (Å²) < 4.78 is 0. The maximum atomic E-state index is 11.2. The zero-order valence-corrected chi connectivity index (χ0v) is 10.7. The molecular weight excluding hydrogens is 228 g/mol. The van der Waals surface area contributed by atoms with Crippen molar-refractivity contribution in [2.75, 3.05) is 6.54 Å². The van der Waals surface area contributed by atoms with Crippen LogP contribution in [0.5, 0.6) is 0 Å². The third-order valence-electron chi connectivity index (χ3n) is 3.24. The van der Waals surface area contributed by atoms with Crippen LogP contribution >= 0.6 is 0 Å². The second-order valence-electron chi connectivity index (χ2n) is 4.74. The van der Waals surface area contributed by atoms with Crippen molar-refractivity contribution in [1.29, 1.82) is 0 Å². The highest BCUT2D eigenvalue weighted by molar-refractivity contribution is 5.81. The van der Waals surface area contributed by atoms with Crippen molar-refractivity contribution in [2.45, 2.75) is 38.5 Å². The highest BCUT2D eigenvalue weighted by Gasteiger charge is 2.22. The van der Waals surface area contributed by atoms with Crippen molar-refractivity contribution < 1.29 is 9.63 Å². The van der Waals surface area contributed by atoms with Crippen molar-refractivity contribution in [3.8, 4) is 0 Å². The Morgan fingerprint density at radius 1 is 1.39 bits per heavy atom. The summed E-state index contributed by atoms with van der Waals surface area (Å²) in [7, 11) is 0. The normalized spacial score (nSPS) is 23.8. The van der Waals surface area contributed by atoms with Crippen molar-refractivity contribution in [1.82, 2.24) is 10.8 Å². The maximum absolute atomic E-state index is 11.2. The van der Waals surface area contributed by atoms with Gasteiger partial charge in [-0.25, -0.2) is 0 Å². The molecule has 98 valence electrons. The molecule has 2 atom stereocenters. The van der Waals surface area contributed by atoms with E-state index in [1.165, 1.54) is 0 Å². The molecule has 4 heteroatoms. The molecule has 0 radical (unpaired) electrons. The van der Waals surface area contributed by atoms with Gasteiger partial charge in [0.2, 0.25) is 0 Å². The van der Waals surface area contributed by atoms with Crippen LogP contribution in [0.3, 0.4) is 0 Å². The van der Waals surface area contributed by atoms with E-state index in [0.29, 0.717) is 6.61 Å². The second kappa shape index (κ2) is 6.64. The highest BCUT2D eigenvalue weighted by Crippen LogP contribution is 2.09. The Morgan fingerprint density at radius 2 is 2.17 bits per heavy atom. The summed E-state index contributed by atoms with van der Waals surface area (Å²) in [6, 6.07) is 10.4. The lowest BCUT2D eigenvalue weighted by atomic mass is 9.99. The summed E-state index contributed by atoms with van der Waals surface area (Å²) >= 11 is 0. The van der Waals surface area contributed by atoms with E-state index >= 15 is 0 Å². The first kappa shape index (κ1) is 13.2. The number of benzene rings is 1. The molecule has 0 amide bonds. The molecule has 4 nitrogen and oxygen atoms in total. The van der Waals surface area contributed by atoms with Gasteiger partial charge in [-0.15, -0.1) is 0 Å². The van der Waals surface area contributed by atoms with Crippen molar-refractivity contribution in [2.24, 2.45) is 0 Å². The molecule has 1 aliphatic heterocycles. The predicted molar refractivity (Wildman–Crippen MR) is 69.9 cm³/mol. The number of hydrogen-bond donors (Lipinski definition) is 2. The van der Waals surface area contributed by atoms with Crippen LogP contribution in [0.2, 0.25) is 0 Å². The lowest BCUT2D eigenvalue weighted by Crippen LogP contribution is -2.50. The number of hydrogen-bond acceptors (Lipinski definition) is 4. The molecule has 1 saturated heterocycles. The van der Waals surface area contributed by atoms with Crippen molar-refractivity contribution in [3.63, 3.8) is 0 Å². The molecule has 2 rings (SSSR count). The van der Waals surface area contributed by atoms with Gasteiger partial charge < -0.3 is 5.32 Å². The molecule has 2 unspecified atom stereocenters. The summed E-state index contributed by atoms with van der Waals surface area (Å²) in [5.74, 6) is 0.221. The standard InChI is InChI=1S/C14H20N2O2/c1-11(17)14-8-7-13(9-15-14)16-18-10-12-5-3-2-4-6-12/h2-6,13-16H,7-10H2,1H3. The molecule has 18 heavy (non-hydrogen) atoms. The van der Waals surface area contributed by atoms with E-state index in [1.807, 2.05) is 30.3 Å². The zero-order chi connectivity index (χ0) is 12.8. The summed E-state index contributed by atoms with van der Waals surface area (Å²) in [5.41, 5.74) is 4.20. The third-order valence-corrected chi connectivity index (χ3v) is 3.24. The number of carbonyl (C=O) groups excluding carboxylic acids is 1. The van der Waals surface area contributed by atoms with Gasteiger partial charge in [0, 0.05) is 12.6 Å². The van der Waals surface area contributed by atoms with Crippen LogP contribution in [0, 0.1) is 0 Å². The van der Waals surface area contributed by atoms with Crippen LogP contribution in [0.25, 0.3) is 0 Å².